The van der Waals surface area contributed by atoms with Crippen molar-refractivity contribution in [2.75, 3.05) is 6.67 Å². The van der Waals surface area contributed by atoms with E-state index in [0.717, 1.165) is 52.2 Å². The summed E-state index contributed by atoms with van der Waals surface area (Å²) in [6.07, 6.45) is 6.32. The second-order valence-corrected chi connectivity index (χ2v) is 8.63. The lowest BCUT2D eigenvalue weighted by Gasteiger charge is -2.17. The number of imidazole rings is 1. The Bertz CT molecular complexity index is 1430. The average Bonchev–Trinajstić information content (AvgIpc) is 3.18. The van der Waals surface area contributed by atoms with E-state index in [4.69, 9.17) is 9.98 Å². The van der Waals surface area contributed by atoms with Crippen LogP contribution in [0.5, 0.6) is 0 Å². The number of hydrogen-bond donors (Lipinski definition) is 2. The molecule has 2 aromatic carbocycles. The maximum absolute atomic E-state index is 13.5. The van der Waals surface area contributed by atoms with E-state index in [1.165, 1.54) is 17.7 Å². The number of nitrogens with one attached hydrogen (secondary N) is 2. The van der Waals surface area contributed by atoms with Gasteiger partial charge in [-0.3, -0.25) is 15.3 Å². The standard InChI is InChI=1S/C27H23FN6/c1-16-8-10-29-14-23(16)18-2-3-19-13-30-15-32-24(22(19)12-18)27-33-25-21(9-11-31-26(25)34-27)17-4-6-20(28)7-5-17/h2-8,10-12,14,21,30H,9,13,15H2,1H3,(H,33,34). The molecule has 0 radical (unpaired) electrons. The highest BCUT2D eigenvalue weighted by atomic mass is 19.1. The van der Waals surface area contributed by atoms with Crippen molar-refractivity contribution in [3.63, 3.8) is 0 Å². The van der Waals surface area contributed by atoms with Gasteiger partial charge in [0.05, 0.1) is 12.4 Å². The summed E-state index contributed by atoms with van der Waals surface area (Å²) in [7, 11) is 0. The monoisotopic (exact) mass is 450 g/mol. The van der Waals surface area contributed by atoms with Gasteiger partial charge in [0.2, 0.25) is 0 Å². The van der Waals surface area contributed by atoms with E-state index in [9.17, 15) is 4.39 Å². The largest absolute Gasteiger partial charge is 0.338 e. The fourth-order valence-electron chi connectivity index (χ4n) is 4.69. The Balaban J connectivity index is 1.44. The quantitative estimate of drug-likeness (QED) is 0.458. The summed E-state index contributed by atoms with van der Waals surface area (Å²) in [5.41, 5.74) is 8.34. The summed E-state index contributed by atoms with van der Waals surface area (Å²) >= 11 is 0. The SMILES string of the molecule is Cc1ccncc1-c1ccc2c(c1)C(c1nc3c([nH]1)C(c1ccc(F)cc1)CC=N3)=NCNC2. The number of aromatic nitrogens is 3. The first kappa shape index (κ1) is 20.6. The van der Waals surface area contributed by atoms with Crippen molar-refractivity contribution in [1.82, 2.24) is 20.3 Å². The Morgan fingerprint density at radius 3 is 2.76 bits per heavy atom. The summed E-state index contributed by atoms with van der Waals surface area (Å²) in [4.78, 5) is 22.0. The molecule has 2 N–H and O–H groups in total. The molecule has 2 aliphatic rings. The van der Waals surface area contributed by atoms with Crippen molar-refractivity contribution in [2.45, 2.75) is 25.8 Å². The lowest BCUT2D eigenvalue weighted by Crippen LogP contribution is -2.11. The van der Waals surface area contributed by atoms with Crippen molar-refractivity contribution in [2.24, 2.45) is 9.98 Å². The Kier molecular flexibility index (Phi) is 5.11. The van der Waals surface area contributed by atoms with E-state index < -0.39 is 0 Å². The second kappa shape index (κ2) is 8.43. The average molecular weight is 451 g/mol. The lowest BCUT2D eigenvalue weighted by atomic mass is 9.91. The van der Waals surface area contributed by atoms with Crippen molar-refractivity contribution >= 4 is 17.7 Å². The van der Waals surface area contributed by atoms with Gasteiger partial charge >= 0.3 is 0 Å². The number of rotatable bonds is 3. The summed E-state index contributed by atoms with van der Waals surface area (Å²) in [6, 6.07) is 15.1. The van der Waals surface area contributed by atoms with Gasteiger partial charge in [-0.15, -0.1) is 0 Å². The van der Waals surface area contributed by atoms with Crippen molar-refractivity contribution in [3.05, 3.63) is 101 Å². The number of fused-ring (bicyclic) bond motifs is 2. The van der Waals surface area contributed by atoms with Crippen LogP contribution in [0.2, 0.25) is 0 Å². The number of pyridine rings is 1. The molecule has 4 aromatic rings. The maximum Gasteiger partial charge on any atom is 0.174 e. The molecule has 0 bridgehead atoms. The second-order valence-electron chi connectivity index (χ2n) is 8.63. The van der Waals surface area contributed by atoms with Gasteiger partial charge in [0.1, 0.15) is 11.5 Å². The van der Waals surface area contributed by atoms with E-state index >= 15 is 0 Å². The summed E-state index contributed by atoms with van der Waals surface area (Å²) in [6.45, 7) is 3.32. The summed E-state index contributed by atoms with van der Waals surface area (Å²) < 4.78 is 13.5. The number of aliphatic imine (C=N–C) groups is 2. The number of aromatic amines is 1. The predicted octanol–water partition coefficient (Wildman–Crippen LogP) is 5.06. The summed E-state index contributed by atoms with van der Waals surface area (Å²) in [5, 5.41) is 3.37. The third-order valence-corrected chi connectivity index (χ3v) is 6.49. The van der Waals surface area contributed by atoms with Crippen LogP contribution in [0, 0.1) is 12.7 Å². The van der Waals surface area contributed by atoms with Crippen LogP contribution < -0.4 is 5.32 Å². The highest BCUT2D eigenvalue weighted by molar-refractivity contribution is 6.12. The van der Waals surface area contributed by atoms with Crippen LogP contribution >= 0.6 is 0 Å². The first-order valence-corrected chi connectivity index (χ1v) is 11.3. The molecule has 0 aliphatic carbocycles. The molecule has 168 valence electrons. The molecule has 0 amide bonds. The van der Waals surface area contributed by atoms with Crippen LogP contribution in [0.15, 0.2) is 70.9 Å². The van der Waals surface area contributed by atoms with Crippen LogP contribution in [0.3, 0.4) is 0 Å². The zero-order chi connectivity index (χ0) is 23.1. The molecule has 6 rings (SSSR count). The van der Waals surface area contributed by atoms with Gasteiger partial charge in [-0.25, -0.2) is 14.4 Å². The number of aryl methyl sites for hydroxylation is 1. The fraction of sp³-hybridized carbons (Fsp3) is 0.185. The molecule has 1 unspecified atom stereocenters. The topological polar surface area (TPSA) is 78.3 Å². The van der Waals surface area contributed by atoms with Gasteiger partial charge in [-0.2, -0.15) is 0 Å². The van der Waals surface area contributed by atoms with E-state index in [0.29, 0.717) is 18.3 Å². The van der Waals surface area contributed by atoms with Crippen molar-refractivity contribution in [1.29, 1.82) is 0 Å². The predicted molar refractivity (Wildman–Crippen MR) is 131 cm³/mol. The van der Waals surface area contributed by atoms with E-state index in [1.54, 1.807) is 0 Å². The van der Waals surface area contributed by atoms with Crippen LogP contribution in [0.4, 0.5) is 10.2 Å². The Morgan fingerprint density at radius 1 is 1.03 bits per heavy atom. The molecule has 0 saturated heterocycles. The van der Waals surface area contributed by atoms with Crippen LogP contribution in [0.25, 0.3) is 11.1 Å². The van der Waals surface area contributed by atoms with Crippen LogP contribution in [0.1, 0.15) is 46.1 Å². The van der Waals surface area contributed by atoms with Gasteiger partial charge in [0.15, 0.2) is 11.6 Å². The van der Waals surface area contributed by atoms with Crippen LogP contribution in [-0.2, 0) is 6.54 Å². The van der Waals surface area contributed by atoms with E-state index in [-0.39, 0.29) is 11.7 Å². The minimum atomic E-state index is -0.240. The minimum absolute atomic E-state index is 0.0442. The first-order chi connectivity index (χ1) is 16.7. The van der Waals surface area contributed by atoms with Gasteiger partial charge in [0, 0.05) is 42.2 Å². The van der Waals surface area contributed by atoms with Gasteiger partial charge in [-0.05, 0) is 59.9 Å². The third kappa shape index (κ3) is 3.64. The molecule has 4 heterocycles. The lowest BCUT2D eigenvalue weighted by molar-refractivity contribution is 0.626. The maximum atomic E-state index is 13.5. The highest BCUT2D eigenvalue weighted by Crippen LogP contribution is 2.36. The number of halogens is 1. The fourth-order valence-corrected chi connectivity index (χ4v) is 4.69. The molecule has 0 spiro atoms. The number of nitrogens with zero attached hydrogens (tertiary/aromatic N) is 4. The molecule has 7 heteroatoms. The van der Waals surface area contributed by atoms with Gasteiger partial charge < -0.3 is 4.98 Å². The minimum Gasteiger partial charge on any atom is -0.338 e. The first-order valence-electron chi connectivity index (χ1n) is 11.3. The molecule has 6 nitrogen and oxygen atoms in total. The van der Waals surface area contributed by atoms with Gasteiger partial charge in [0.25, 0.3) is 0 Å². The molecule has 0 fully saturated rings. The smallest absolute Gasteiger partial charge is 0.174 e. The van der Waals surface area contributed by atoms with Crippen molar-refractivity contribution in [3.8, 4) is 11.1 Å². The molecule has 2 aromatic heterocycles. The van der Waals surface area contributed by atoms with Crippen LogP contribution in [-0.4, -0.2) is 33.5 Å². The normalized spacial score (nSPS) is 17.0. The van der Waals surface area contributed by atoms with Crippen molar-refractivity contribution < 1.29 is 4.39 Å². The van der Waals surface area contributed by atoms with E-state index in [1.807, 2.05) is 36.8 Å². The zero-order valence-corrected chi connectivity index (χ0v) is 18.7. The Hall–Kier alpha value is -3.97. The molecule has 34 heavy (non-hydrogen) atoms. The molecular weight excluding hydrogens is 427 g/mol. The Labute approximate surface area is 196 Å². The number of hydrogen-bond acceptors (Lipinski definition) is 5. The third-order valence-electron chi connectivity index (χ3n) is 6.49. The number of H-pyrrole nitrogens is 1. The zero-order valence-electron chi connectivity index (χ0n) is 18.7. The molecule has 2 aliphatic heterocycles. The number of benzene rings is 2. The molecular formula is C27H23FN6. The van der Waals surface area contributed by atoms with Gasteiger partial charge in [-0.1, -0.05) is 24.3 Å². The summed E-state index contributed by atoms with van der Waals surface area (Å²) in [5.74, 6) is 1.16. The molecule has 1 atom stereocenters. The Morgan fingerprint density at radius 2 is 1.91 bits per heavy atom. The molecule has 0 saturated carbocycles. The van der Waals surface area contributed by atoms with E-state index in [2.05, 4.69) is 45.4 Å². The highest BCUT2D eigenvalue weighted by Gasteiger charge is 2.27.